The molecular weight excluding hydrogens is 387 g/mol. The Hall–Kier alpha value is -2.38. The smallest absolute Gasteiger partial charge is 0.233 e. The second-order valence-corrected chi connectivity index (χ2v) is 7.32. The molecule has 8 heteroatoms. The van der Waals surface area contributed by atoms with Crippen LogP contribution in [0.25, 0.3) is 11.4 Å². The van der Waals surface area contributed by atoms with Crippen LogP contribution >= 0.6 is 23.4 Å². The lowest BCUT2D eigenvalue weighted by Crippen LogP contribution is -2.28. The summed E-state index contributed by atoms with van der Waals surface area (Å²) in [7, 11) is 3.48. The summed E-state index contributed by atoms with van der Waals surface area (Å²) in [6.45, 7) is 0.218. The maximum atomic E-state index is 13.7. The maximum absolute atomic E-state index is 13.7. The van der Waals surface area contributed by atoms with Gasteiger partial charge < -0.3 is 9.47 Å². The van der Waals surface area contributed by atoms with Crippen LogP contribution in [0.1, 0.15) is 5.56 Å². The average molecular weight is 405 g/mol. The van der Waals surface area contributed by atoms with Crippen LogP contribution < -0.4 is 0 Å². The quantitative estimate of drug-likeness (QED) is 0.582. The lowest BCUT2D eigenvalue weighted by molar-refractivity contribution is -0.127. The van der Waals surface area contributed by atoms with Gasteiger partial charge in [0, 0.05) is 31.8 Å². The molecule has 1 aromatic heterocycles. The van der Waals surface area contributed by atoms with E-state index >= 15 is 0 Å². The molecule has 140 valence electrons. The van der Waals surface area contributed by atoms with Crippen LogP contribution in [-0.4, -0.2) is 38.4 Å². The van der Waals surface area contributed by atoms with E-state index in [0.717, 1.165) is 5.56 Å². The number of thioether (sulfide) groups is 1. The zero-order chi connectivity index (χ0) is 19.4. The number of halogens is 2. The fraction of sp³-hybridized carbons (Fsp3) is 0.211. The van der Waals surface area contributed by atoms with Gasteiger partial charge in [-0.15, -0.1) is 10.2 Å². The number of carbonyl (C=O) groups is 1. The fourth-order valence-electron chi connectivity index (χ4n) is 2.52. The SMILES string of the molecule is CN(Cc1ccccc1F)C(=O)CSc1nnc(-c2ccccc2Cl)n1C. The van der Waals surface area contributed by atoms with E-state index in [4.69, 9.17) is 11.6 Å². The number of benzene rings is 2. The zero-order valence-electron chi connectivity index (χ0n) is 14.9. The molecule has 3 aromatic rings. The molecule has 0 saturated heterocycles. The van der Waals surface area contributed by atoms with Crippen LogP contribution in [0.4, 0.5) is 4.39 Å². The summed E-state index contributed by atoms with van der Waals surface area (Å²) in [5.74, 6) is 0.378. The van der Waals surface area contributed by atoms with Crippen LogP contribution in [0.3, 0.4) is 0 Å². The van der Waals surface area contributed by atoms with Gasteiger partial charge in [0.2, 0.25) is 5.91 Å². The van der Waals surface area contributed by atoms with Crippen molar-refractivity contribution in [3.05, 3.63) is 64.9 Å². The van der Waals surface area contributed by atoms with Crippen molar-refractivity contribution in [2.45, 2.75) is 11.7 Å². The number of nitrogens with zero attached hydrogens (tertiary/aromatic N) is 4. The second-order valence-electron chi connectivity index (χ2n) is 5.97. The number of carbonyl (C=O) groups excluding carboxylic acids is 1. The first-order valence-corrected chi connectivity index (χ1v) is 9.58. The van der Waals surface area contributed by atoms with E-state index in [0.29, 0.717) is 21.6 Å². The molecule has 0 aliphatic rings. The largest absolute Gasteiger partial charge is 0.341 e. The lowest BCUT2D eigenvalue weighted by atomic mass is 10.2. The van der Waals surface area contributed by atoms with Gasteiger partial charge in [-0.2, -0.15) is 0 Å². The maximum Gasteiger partial charge on any atom is 0.233 e. The summed E-state index contributed by atoms with van der Waals surface area (Å²) in [5, 5.41) is 9.53. The molecule has 0 aliphatic heterocycles. The third-order valence-electron chi connectivity index (χ3n) is 4.07. The van der Waals surface area contributed by atoms with Crippen molar-refractivity contribution >= 4 is 29.3 Å². The van der Waals surface area contributed by atoms with Crippen molar-refractivity contribution in [1.29, 1.82) is 0 Å². The van der Waals surface area contributed by atoms with Gasteiger partial charge in [-0.25, -0.2) is 4.39 Å². The molecule has 0 saturated carbocycles. The lowest BCUT2D eigenvalue weighted by Gasteiger charge is -2.17. The molecule has 0 bridgehead atoms. The van der Waals surface area contributed by atoms with Gasteiger partial charge in [-0.05, 0) is 18.2 Å². The summed E-state index contributed by atoms with van der Waals surface area (Å²) in [4.78, 5) is 13.9. The van der Waals surface area contributed by atoms with Crippen molar-refractivity contribution in [1.82, 2.24) is 19.7 Å². The molecule has 5 nitrogen and oxygen atoms in total. The highest BCUT2D eigenvalue weighted by atomic mass is 35.5. The van der Waals surface area contributed by atoms with Gasteiger partial charge in [0.1, 0.15) is 5.82 Å². The van der Waals surface area contributed by atoms with Gasteiger partial charge in [-0.1, -0.05) is 53.7 Å². The minimum absolute atomic E-state index is 0.120. The topological polar surface area (TPSA) is 51.0 Å². The van der Waals surface area contributed by atoms with Crippen molar-refractivity contribution in [3.63, 3.8) is 0 Å². The average Bonchev–Trinajstić information content (AvgIpc) is 3.02. The van der Waals surface area contributed by atoms with E-state index in [9.17, 15) is 9.18 Å². The number of amides is 1. The predicted molar refractivity (Wildman–Crippen MR) is 105 cm³/mol. The summed E-state index contributed by atoms with van der Waals surface area (Å²) in [6.07, 6.45) is 0. The number of aromatic nitrogens is 3. The highest BCUT2D eigenvalue weighted by Gasteiger charge is 2.17. The Labute approximate surface area is 166 Å². The van der Waals surface area contributed by atoms with Gasteiger partial charge in [-0.3, -0.25) is 4.79 Å². The molecule has 0 atom stereocenters. The fourth-order valence-corrected chi connectivity index (χ4v) is 3.60. The molecule has 2 aromatic carbocycles. The van der Waals surface area contributed by atoms with Gasteiger partial charge in [0.05, 0.1) is 10.8 Å². The van der Waals surface area contributed by atoms with Crippen LogP contribution in [0.5, 0.6) is 0 Å². The standard InChI is InChI=1S/C19H18ClFN4OS/c1-24(11-13-7-3-6-10-16(13)21)17(26)12-27-19-23-22-18(25(19)2)14-8-4-5-9-15(14)20/h3-10H,11-12H2,1-2H3. The highest BCUT2D eigenvalue weighted by molar-refractivity contribution is 7.99. The molecule has 0 spiro atoms. The first-order chi connectivity index (χ1) is 13.0. The van der Waals surface area contributed by atoms with Gasteiger partial charge in [0.25, 0.3) is 0 Å². The predicted octanol–water partition coefficient (Wildman–Crippen LogP) is 4.03. The summed E-state index contributed by atoms with van der Waals surface area (Å²) >= 11 is 7.50. The molecule has 0 aliphatic carbocycles. The Morgan fingerprint density at radius 3 is 2.63 bits per heavy atom. The summed E-state index contributed by atoms with van der Waals surface area (Å²) < 4.78 is 15.5. The molecule has 1 amide bonds. The molecule has 0 unspecified atom stereocenters. The Morgan fingerprint density at radius 2 is 1.89 bits per heavy atom. The van der Waals surface area contributed by atoms with E-state index in [1.807, 2.05) is 25.2 Å². The number of hydrogen-bond acceptors (Lipinski definition) is 4. The summed E-state index contributed by atoms with van der Waals surface area (Å²) in [6, 6.07) is 13.8. The first kappa shape index (κ1) is 19.4. The molecule has 1 heterocycles. The van der Waals surface area contributed by atoms with E-state index in [-0.39, 0.29) is 24.0 Å². The number of rotatable bonds is 6. The van der Waals surface area contributed by atoms with E-state index < -0.39 is 0 Å². The molecule has 27 heavy (non-hydrogen) atoms. The van der Waals surface area contributed by atoms with Crippen LogP contribution in [0, 0.1) is 5.82 Å². The Morgan fingerprint density at radius 1 is 1.19 bits per heavy atom. The monoisotopic (exact) mass is 404 g/mol. The molecule has 0 radical (unpaired) electrons. The van der Waals surface area contributed by atoms with Crippen molar-refractivity contribution in [2.24, 2.45) is 7.05 Å². The van der Waals surface area contributed by atoms with Gasteiger partial charge >= 0.3 is 0 Å². The zero-order valence-corrected chi connectivity index (χ0v) is 16.5. The number of hydrogen-bond donors (Lipinski definition) is 0. The first-order valence-electron chi connectivity index (χ1n) is 8.22. The Balaban J connectivity index is 1.64. The Kier molecular flexibility index (Phi) is 6.13. The third-order valence-corrected chi connectivity index (χ3v) is 5.40. The van der Waals surface area contributed by atoms with Gasteiger partial charge in [0.15, 0.2) is 11.0 Å². The minimum Gasteiger partial charge on any atom is -0.341 e. The molecule has 0 N–H and O–H groups in total. The normalized spacial score (nSPS) is 10.8. The van der Waals surface area contributed by atoms with E-state index in [2.05, 4.69) is 10.2 Å². The summed E-state index contributed by atoms with van der Waals surface area (Å²) in [5.41, 5.74) is 1.27. The third kappa shape index (κ3) is 4.48. The van der Waals surface area contributed by atoms with Crippen molar-refractivity contribution in [2.75, 3.05) is 12.8 Å². The molecule has 3 rings (SSSR count). The molecule has 0 fully saturated rings. The van der Waals surface area contributed by atoms with Crippen molar-refractivity contribution < 1.29 is 9.18 Å². The van der Waals surface area contributed by atoms with Crippen LogP contribution in [0.2, 0.25) is 5.02 Å². The van der Waals surface area contributed by atoms with Crippen molar-refractivity contribution in [3.8, 4) is 11.4 Å². The van der Waals surface area contributed by atoms with E-state index in [1.165, 1.54) is 22.7 Å². The van der Waals surface area contributed by atoms with Crippen LogP contribution in [0.15, 0.2) is 53.7 Å². The van der Waals surface area contributed by atoms with E-state index in [1.54, 1.807) is 35.9 Å². The second kappa shape index (κ2) is 8.54. The minimum atomic E-state index is -0.317. The molecular formula is C19H18ClFN4OS. The highest BCUT2D eigenvalue weighted by Crippen LogP contribution is 2.28. The Bertz CT molecular complexity index is 962. The van der Waals surface area contributed by atoms with Crippen LogP contribution in [-0.2, 0) is 18.4 Å².